The van der Waals surface area contributed by atoms with Gasteiger partial charge in [0.1, 0.15) is 0 Å². The molecule has 0 rings (SSSR count). The van der Waals surface area contributed by atoms with Crippen LogP contribution in [-0.2, 0) is 9.53 Å². The highest BCUT2D eigenvalue weighted by Crippen LogP contribution is 2.32. The summed E-state index contributed by atoms with van der Waals surface area (Å²) in [5, 5.41) is 0. The van der Waals surface area contributed by atoms with E-state index in [9.17, 15) is 4.79 Å². The van der Waals surface area contributed by atoms with Crippen LogP contribution in [0.1, 0.15) is 6.92 Å². The van der Waals surface area contributed by atoms with Gasteiger partial charge < -0.3 is 9.63 Å². The Morgan fingerprint density at radius 1 is 1.78 bits per heavy atom. The van der Waals surface area contributed by atoms with E-state index < -0.39 is 7.84 Å². The SMILES string of the molecule is COC(C)=O.CP(O)P. The summed E-state index contributed by atoms with van der Waals surface area (Å²) in [5.74, 6) is -0.245. The van der Waals surface area contributed by atoms with E-state index in [1.807, 2.05) is 0 Å². The number of esters is 1. The Bertz CT molecular complexity index is 71.5. The number of methoxy groups -OCH3 is 1. The first-order valence-corrected chi connectivity index (χ1v) is 5.58. The van der Waals surface area contributed by atoms with Crippen molar-refractivity contribution >= 4 is 22.7 Å². The zero-order chi connectivity index (χ0) is 7.86. The van der Waals surface area contributed by atoms with Crippen molar-refractivity contribution in [2.24, 2.45) is 0 Å². The molecular formula is C4H12O3P2. The van der Waals surface area contributed by atoms with E-state index in [2.05, 4.69) is 13.7 Å². The Labute approximate surface area is 58.7 Å². The average molecular weight is 170 g/mol. The molecule has 0 aromatic heterocycles. The summed E-state index contributed by atoms with van der Waals surface area (Å²) in [6, 6.07) is 0. The Balaban J connectivity index is 0. The van der Waals surface area contributed by atoms with Crippen LogP contribution in [0.2, 0.25) is 0 Å². The second-order valence-corrected chi connectivity index (χ2v) is 4.66. The van der Waals surface area contributed by atoms with E-state index in [1.165, 1.54) is 14.0 Å². The summed E-state index contributed by atoms with van der Waals surface area (Å²) in [6.45, 7) is 3.11. The molecule has 0 spiro atoms. The third-order valence-electron chi connectivity index (χ3n) is 0.287. The van der Waals surface area contributed by atoms with E-state index in [0.29, 0.717) is 0 Å². The van der Waals surface area contributed by atoms with Crippen molar-refractivity contribution in [1.29, 1.82) is 0 Å². The van der Waals surface area contributed by atoms with Crippen LogP contribution in [0.4, 0.5) is 0 Å². The van der Waals surface area contributed by atoms with E-state index >= 15 is 0 Å². The topological polar surface area (TPSA) is 46.5 Å². The van der Waals surface area contributed by atoms with Gasteiger partial charge in [0, 0.05) is 14.8 Å². The van der Waals surface area contributed by atoms with Gasteiger partial charge in [-0.3, -0.25) is 4.79 Å². The largest absolute Gasteiger partial charge is 0.469 e. The molecule has 0 aliphatic carbocycles. The van der Waals surface area contributed by atoms with Crippen molar-refractivity contribution < 1.29 is 14.4 Å². The van der Waals surface area contributed by atoms with Gasteiger partial charge >= 0.3 is 5.97 Å². The van der Waals surface area contributed by atoms with Crippen LogP contribution in [0.25, 0.3) is 0 Å². The Kier molecular flexibility index (Phi) is 11.1. The lowest BCUT2D eigenvalue weighted by atomic mass is 10.8. The van der Waals surface area contributed by atoms with E-state index in [4.69, 9.17) is 4.89 Å². The summed E-state index contributed by atoms with van der Waals surface area (Å²) < 4.78 is 4.11. The van der Waals surface area contributed by atoms with Crippen molar-refractivity contribution in [1.82, 2.24) is 0 Å². The second-order valence-electron chi connectivity index (χ2n) is 1.27. The molecule has 9 heavy (non-hydrogen) atoms. The van der Waals surface area contributed by atoms with E-state index in [1.54, 1.807) is 6.66 Å². The van der Waals surface area contributed by atoms with Crippen LogP contribution in [0.15, 0.2) is 0 Å². The maximum atomic E-state index is 9.59. The Hall–Kier alpha value is 0.290. The van der Waals surface area contributed by atoms with Gasteiger partial charge in [0.25, 0.3) is 0 Å². The minimum Gasteiger partial charge on any atom is -0.469 e. The van der Waals surface area contributed by atoms with Crippen LogP contribution in [0, 0.1) is 0 Å². The molecule has 0 aliphatic rings. The van der Waals surface area contributed by atoms with Crippen LogP contribution in [0.3, 0.4) is 0 Å². The molecule has 0 bridgehead atoms. The molecule has 0 radical (unpaired) electrons. The van der Waals surface area contributed by atoms with Gasteiger partial charge in [0.15, 0.2) is 0 Å². The molecule has 0 saturated carbocycles. The molecule has 5 heteroatoms. The van der Waals surface area contributed by atoms with Gasteiger partial charge in [-0.2, -0.15) is 0 Å². The first-order chi connectivity index (χ1) is 4.00. The Morgan fingerprint density at radius 2 is 1.89 bits per heavy atom. The third-order valence-corrected chi connectivity index (χ3v) is 0.287. The maximum Gasteiger partial charge on any atom is 0.302 e. The fourth-order valence-corrected chi connectivity index (χ4v) is 0. The lowest BCUT2D eigenvalue weighted by Gasteiger charge is -1.80. The number of carbonyl (C=O) groups excluding carboxylic acids is 1. The summed E-state index contributed by atoms with van der Waals surface area (Å²) in [5.41, 5.74) is 0. The fraction of sp³-hybridized carbons (Fsp3) is 0.750. The monoisotopic (exact) mass is 170 g/mol. The summed E-state index contributed by atoms with van der Waals surface area (Å²) in [4.78, 5) is 17.7. The number of rotatable bonds is 0. The molecule has 0 saturated heterocycles. The average Bonchev–Trinajstić information content (AvgIpc) is 1.65. The van der Waals surface area contributed by atoms with E-state index in [0.717, 1.165) is 0 Å². The molecule has 2 unspecified atom stereocenters. The molecule has 0 aromatic rings. The third kappa shape index (κ3) is 62.5. The molecule has 0 fully saturated rings. The van der Waals surface area contributed by atoms with E-state index in [-0.39, 0.29) is 5.97 Å². The van der Waals surface area contributed by atoms with Crippen LogP contribution in [0.5, 0.6) is 0 Å². The van der Waals surface area contributed by atoms with Gasteiger partial charge in [-0.1, -0.05) is 8.93 Å². The van der Waals surface area contributed by atoms with Gasteiger partial charge in [0.05, 0.1) is 7.11 Å². The van der Waals surface area contributed by atoms with Crippen molar-refractivity contribution in [3.8, 4) is 0 Å². The van der Waals surface area contributed by atoms with Gasteiger partial charge in [-0.05, 0) is 6.66 Å². The first-order valence-electron chi connectivity index (χ1n) is 2.22. The normalized spacial score (nSPS) is 10.8. The first kappa shape index (κ1) is 12.0. The lowest BCUT2D eigenvalue weighted by molar-refractivity contribution is -0.137. The summed E-state index contributed by atoms with van der Waals surface area (Å²) in [6.07, 6.45) is 0. The zero-order valence-corrected chi connectivity index (χ0v) is 7.84. The molecule has 0 amide bonds. The number of hydrogen-bond donors (Lipinski definition) is 1. The minimum atomic E-state index is -0.704. The molecular weight excluding hydrogens is 158 g/mol. The second kappa shape index (κ2) is 8.29. The summed E-state index contributed by atoms with van der Waals surface area (Å²) >= 11 is 0. The molecule has 3 nitrogen and oxygen atoms in total. The lowest BCUT2D eigenvalue weighted by Crippen LogP contribution is -1.88. The van der Waals surface area contributed by atoms with Crippen LogP contribution in [-0.4, -0.2) is 24.6 Å². The highest BCUT2D eigenvalue weighted by atomic mass is 32.0. The van der Waals surface area contributed by atoms with Gasteiger partial charge in [-0.25, -0.2) is 0 Å². The quantitative estimate of drug-likeness (QED) is 0.435. The van der Waals surface area contributed by atoms with Crippen molar-refractivity contribution in [3.05, 3.63) is 0 Å². The fourth-order valence-electron chi connectivity index (χ4n) is 0. The van der Waals surface area contributed by atoms with Crippen LogP contribution < -0.4 is 0 Å². The number of ether oxygens (including phenoxy) is 1. The summed E-state index contributed by atoms with van der Waals surface area (Å²) in [7, 11) is 2.92. The molecule has 0 aromatic carbocycles. The van der Waals surface area contributed by atoms with Crippen molar-refractivity contribution in [2.45, 2.75) is 6.92 Å². The number of carbonyl (C=O) groups is 1. The van der Waals surface area contributed by atoms with Crippen molar-refractivity contribution in [2.75, 3.05) is 13.8 Å². The standard InChI is InChI=1S/C3H6O2.CH6OP2/c1-3(4)5-2;1-4(2)3/h1-2H3;2H,3H2,1H3. The predicted octanol–water partition coefficient (Wildman–Crippen LogP) is 0.975. The molecule has 2 atom stereocenters. The molecule has 56 valence electrons. The number of hydrogen-bond acceptors (Lipinski definition) is 3. The molecule has 0 heterocycles. The highest BCUT2D eigenvalue weighted by Gasteiger charge is 1.75. The smallest absolute Gasteiger partial charge is 0.302 e. The molecule has 0 aliphatic heterocycles. The van der Waals surface area contributed by atoms with Gasteiger partial charge in [0.2, 0.25) is 0 Å². The zero-order valence-electron chi connectivity index (χ0n) is 5.79. The van der Waals surface area contributed by atoms with Crippen molar-refractivity contribution in [3.63, 3.8) is 0 Å². The maximum absolute atomic E-state index is 9.59. The Morgan fingerprint density at radius 3 is 1.89 bits per heavy atom. The van der Waals surface area contributed by atoms with Gasteiger partial charge in [-0.15, -0.1) is 0 Å². The van der Waals surface area contributed by atoms with Crippen LogP contribution >= 0.6 is 16.8 Å². The highest BCUT2D eigenvalue weighted by molar-refractivity contribution is 8.10. The minimum absolute atomic E-state index is 0.245. The predicted molar refractivity (Wildman–Crippen MR) is 42.5 cm³/mol. The molecule has 1 N–H and O–H groups in total.